The number of rotatable bonds is 2. The third kappa shape index (κ3) is 2.24. The van der Waals surface area contributed by atoms with Crippen LogP contribution >= 0.6 is 0 Å². The first-order valence-corrected chi connectivity index (χ1v) is 5.70. The maximum absolute atomic E-state index is 13.0. The minimum atomic E-state index is -2.74. The molecule has 1 heterocycles. The van der Waals surface area contributed by atoms with Gasteiger partial charge in [0.15, 0.2) is 0 Å². The molecule has 2 atom stereocenters. The first-order chi connectivity index (χ1) is 7.48. The number of halogens is 2. The van der Waals surface area contributed by atoms with Crippen LogP contribution in [0.5, 0.6) is 0 Å². The van der Waals surface area contributed by atoms with E-state index in [2.05, 4.69) is 12.2 Å². The summed E-state index contributed by atoms with van der Waals surface area (Å²) in [6.45, 7) is 4.13. The quantitative estimate of drug-likeness (QED) is 0.812. The highest BCUT2D eigenvalue weighted by Gasteiger charge is 2.27. The minimum absolute atomic E-state index is 0.0851. The second-order valence-corrected chi connectivity index (χ2v) is 4.71. The molecule has 2 unspecified atom stereocenters. The molecule has 88 valence electrons. The second-order valence-electron chi connectivity index (χ2n) is 4.71. The number of hydrogen-bond donors (Lipinski definition) is 1. The molecule has 1 N–H and O–H groups in total. The second kappa shape index (κ2) is 4.13. The van der Waals surface area contributed by atoms with Gasteiger partial charge < -0.3 is 5.32 Å². The van der Waals surface area contributed by atoms with Crippen molar-refractivity contribution >= 4 is 0 Å². The zero-order valence-corrected chi connectivity index (χ0v) is 9.63. The lowest BCUT2D eigenvalue weighted by Gasteiger charge is -2.17. The molecule has 0 radical (unpaired) electrons. The summed E-state index contributed by atoms with van der Waals surface area (Å²) < 4.78 is 26.0. The van der Waals surface area contributed by atoms with Crippen molar-refractivity contribution < 1.29 is 8.78 Å². The van der Waals surface area contributed by atoms with Crippen molar-refractivity contribution in [3.05, 3.63) is 35.4 Å². The van der Waals surface area contributed by atoms with Crippen LogP contribution in [0.1, 0.15) is 37.4 Å². The molecule has 0 spiro atoms. The summed E-state index contributed by atoms with van der Waals surface area (Å²) in [7, 11) is 0. The highest BCUT2D eigenvalue weighted by molar-refractivity contribution is 5.28. The Morgan fingerprint density at radius 1 is 1.25 bits per heavy atom. The SMILES string of the molecule is CC1CCNC1c1ccc(C(C)(F)F)cc1. The molecule has 0 saturated carbocycles. The predicted molar refractivity (Wildman–Crippen MR) is 60.5 cm³/mol. The molecule has 3 heteroatoms. The Balaban J connectivity index is 2.19. The zero-order valence-electron chi connectivity index (χ0n) is 9.63. The number of alkyl halides is 2. The van der Waals surface area contributed by atoms with Crippen molar-refractivity contribution in [3.8, 4) is 0 Å². The maximum atomic E-state index is 13.0. The van der Waals surface area contributed by atoms with E-state index in [0.29, 0.717) is 12.0 Å². The van der Waals surface area contributed by atoms with Gasteiger partial charge in [0.25, 0.3) is 5.92 Å². The van der Waals surface area contributed by atoms with Gasteiger partial charge in [-0.2, -0.15) is 0 Å². The standard InChI is InChI=1S/C13H17F2N/c1-9-7-8-16-12(9)10-3-5-11(6-4-10)13(2,14)15/h3-6,9,12,16H,7-8H2,1-2H3. The molecule has 0 amide bonds. The average molecular weight is 225 g/mol. The van der Waals surface area contributed by atoms with E-state index in [1.54, 1.807) is 0 Å². The summed E-state index contributed by atoms with van der Waals surface area (Å²) in [6, 6.07) is 7.00. The van der Waals surface area contributed by atoms with E-state index in [9.17, 15) is 8.78 Å². The van der Waals surface area contributed by atoms with Crippen LogP contribution in [0, 0.1) is 5.92 Å². The molecule has 16 heavy (non-hydrogen) atoms. The molecular formula is C13H17F2N. The van der Waals surface area contributed by atoms with Gasteiger partial charge in [-0.05, 0) is 24.4 Å². The highest BCUT2D eigenvalue weighted by Crippen LogP contribution is 2.32. The molecule has 0 aromatic heterocycles. The molecule has 2 rings (SSSR count). The molecule has 0 bridgehead atoms. The summed E-state index contributed by atoms with van der Waals surface area (Å²) in [4.78, 5) is 0. The Hall–Kier alpha value is -0.960. The summed E-state index contributed by atoms with van der Waals surface area (Å²) in [5.41, 5.74) is 1.19. The van der Waals surface area contributed by atoms with Crippen LogP contribution in [0.3, 0.4) is 0 Å². The molecule has 1 saturated heterocycles. The molecule has 1 aliphatic rings. The zero-order chi connectivity index (χ0) is 11.8. The Kier molecular flexibility index (Phi) is 2.98. The van der Waals surface area contributed by atoms with Crippen LogP contribution in [-0.2, 0) is 5.92 Å². The molecule has 1 aromatic rings. The molecule has 1 aliphatic heterocycles. The van der Waals surface area contributed by atoms with Crippen molar-refractivity contribution in [2.45, 2.75) is 32.2 Å². The fourth-order valence-electron chi connectivity index (χ4n) is 2.26. The van der Waals surface area contributed by atoms with Gasteiger partial charge in [-0.15, -0.1) is 0 Å². The number of benzene rings is 1. The third-order valence-electron chi connectivity index (χ3n) is 3.31. The number of nitrogens with one attached hydrogen (secondary N) is 1. The molecule has 1 aromatic carbocycles. The Morgan fingerprint density at radius 2 is 1.88 bits per heavy atom. The summed E-state index contributed by atoms with van der Waals surface area (Å²) in [6.07, 6.45) is 1.15. The lowest BCUT2D eigenvalue weighted by Crippen LogP contribution is -2.16. The van der Waals surface area contributed by atoms with Crippen molar-refractivity contribution in [2.75, 3.05) is 6.54 Å². The molecule has 1 fully saturated rings. The highest BCUT2D eigenvalue weighted by atomic mass is 19.3. The van der Waals surface area contributed by atoms with Crippen LogP contribution in [0.15, 0.2) is 24.3 Å². The Morgan fingerprint density at radius 3 is 2.31 bits per heavy atom. The first-order valence-electron chi connectivity index (χ1n) is 5.70. The predicted octanol–water partition coefficient (Wildman–Crippen LogP) is 3.47. The smallest absolute Gasteiger partial charge is 0.270 e. The average Bonchev–Trinajstić information content (AvgIpc) is 2.63. The molecular weight excluding hydrogens is 208 g/mol. The van der Waals surface area contributed by atoms with Crippen molar-refractivity contribution in [2.24, 2.45) is 5.92 Å². The van der Waals surface area contributed by atoms with Gasteiger partial charge in [-0.3, -0.25) is 0 Å². The van der Waals surface area contributed by atoms with Crippen LogP contribution in [0.4, 0.5) is 8.78 Å². The van der Waals surface area contributed by atoms with Crippen molar-refractivity contribution in [1.82, 2.24) is 5.32 Å². The summed E-state index contributed by atoms with van der Waals surface area (Å²) in [5.74, 6) is -2.17. The van der Waals surface area contributed by atoms with E-state index < -0.39 is 5.92 Å². The van der Waals surface area contributed by atoms with Gasteiger partial charge in [-0.1, -0.05) is 31.2 Å². The monoisotopic (exact) mass is 225 g/mol. The van der Waals surface area contributed by atoms with Crippen molar-refractivity contribution in [1.29, 1.82) is 0 Å². The van der Waals surface area contributed by atoms with E-state index in [0.717, 1.165) is 25.5 Å². The minimum Gasteiger partial charge on any atom is -0.310 e. The lowest BCUT2D eigenvalue weighted by molar-refractivity contribution is 0.0174. The van der Waals surface area contributed by atoms with Crippen LogP contribution < -0.4 is 5.32 Å². The Labute approximate surface area is 94.9 Å². The Bertz CT molecular complexity index is 353. The largest absolute Gasteiger partial charge is 0.310 e. The first kappa shape index (κ1) is 11.5. The van der Waals surface area contributed by atoms with Gasteiger partial charge in [0, 0.05) is 18.5 Å². The van der Waals surface area contributed by atoms with Gasteiger partial charge in [0.05, 0.1) is 0 Å². The number of hydrogen-bond acceptors (Lipinski definition) is 1. The maximum Gasteiger partial charge on any atom is 0.270 e. The van der Waals surface area contributed by atoms with Gasteiger partial charge in [-0.25, -0.2) is 8.78 Å². The summed E-state index contributed by atoms with van der Waals surface area (Å²) >= 11 is 0. The fourth-order valence-corrected chi connectivity index (χ4v) is 2.26. The van der Waals surface area contributed by atoms with Gasteiger partial charge in [0.2, 0.25) is 0 Å². The van der Waals surface area contributed by atoms with E-state index in [1.165, 1.54) is 12.1 Å². The van der Waals surface area contributed by atoms with Crippen LogP contribution in [0.2, 0.25) is 0 Å². The summed E-state index contributed by atoms with van der Waals surface area (Å²) in [5, 5.41) is 3.39. The van der Waals surface area contributed by atoms with Gasteiger partial charge >= 0.3 is 0 Å². The third-order valence-corrected chi connectivity index (χ3v) is 3.31. The topological polar surface area (TPSA) is 12.0 Å². The fraction of sp³-hybridized carbons (Fsp3) is 0.538. The normalized spacial score (nSPS) is 26.0. The van der Waals surface area contributed by atoms with E-state index in [-0.39, 0.29) is 5.56 Å². The van der Waals surface area contributed by atoms with E-state index in [4.69, 9.17) is 0 Å². The van der Waals surface area contributed by atoms with Gasteiger partial charge in [0.1, 0.15) is 0 Å². The molecule has 1 nitrogen and oxygen atoms in total. The van der Waals surface area contributed by atoms with Crippen LogP contribution in [-0.4, -0.2) is 6.54 Å². The lowest BCUT2D eigenvalue weighted by atomic mass is 9.95. The van der Waals surface area contributed by atoms with Crippen LogP contribution in [0.25, 0.3) is 0 Å². The molecule has 0 aliphatic carbocycles. The van der Waals surface area contributed by atoms with Crippen molar-refractivity contribution in [3.63, 3.8) is 0 Å². The van der Waals surface area contributed by atoms with E-state index >= 15 is 0 Å². The van der Waals surface area contributed by atoms with E-state index in [1.807, 2.05) is 12.1 Å².